The smallest absolute Gasteiger partial charge is 0.130 e. The van der Waals surface area contributed by atoms with E-state index in [1.807, 2.05) is 12.1 Å². The fourth-order valence-corrected chi connectivity index (χ4v) is 2.88. The van der Waals surface area contributed by atoms with Crippen LogP contribution in [-0.2, 0) is 11.2 Å². The van der Waals surface area contributed by atoms with Crippen LogP contribution in [0, 0.1) is 0 Å². The lowest BCUT2D eigenvalue weighted by molar-refractivity contribution is -0.116. The van der Waals surface area contributed by atoms with E-state index < -0.39 is 0 Å². The van der Waals surface area contributed by atoms with Crippen LogP contribution in [0.5, 0.6) is 5.75 Å². The molecule has 1 saturated heterocycles. The zero-order valence-corrected chi connectivity index (χ0v) is 14.6. The number of hydrogen-bond acceptors (Lipinski definition) is 4. The number of ketones is 1. The Balaban J connectivity index is 1.60. The first-order valence-electron chi connectivity index (χ1n) is 8.83. The van der Waals surface area contributed by atoms with Gasteiger partial charge in [-0.25, -0.2) is 0 Å². The second-order valence-corrected chi connectivity index (χ2v) is 6.32. The number of ether oxygens (including phenoxy) is 1. The third kappa shape index (κ3) is 6.71. The van der Waals surface area contributed by atoms with Crippen LogP contribution >= 0.6 is 0 Å². The third-order valence-electron chi connectivity index (χ3n) is 4.49. The minimum atomic E-state index is 0.241. The van der Waals surface area contributed by atoms with E-state index in [0.29, 0.717) is 6.42 Å². The van der Waals surface area contributed by atoms with Crippen LogP contribution in [0.4, 0.5) is 0 Å². The fourth-order valence-electron chi connectivity index (χ4n) is 2.88. The van der Waals surface area contributed by atoms with Gasteiger partial charge in [-0.1, -0.05) is 19.1 Å². The Kier molecular flexibility index (Phi) is 7.56. The minimum absolute atomic E-state index is 0.241. The van der Waals surface area contributed by atoms with Gasteiger partial charge >= 0.3 is 0 Å². The molecule has 2 rings (SSSR count). The van der Waals surface area contributed by atoms with E-state index in [9.17, 15) is 4.79 Å². The van der Waals surface area contributed by atoms with Gasteiger partial charge in [0.25, 0.3) is 0 Å². The molecule has 4 nitrogen and oxygen atoms in total. The molecule has 1 aliphatic heterocycles. The SMILES string of the molecule is CCN1CCN(CCCOc2ccc(CCC(C)=O)cc2)CC1. The highest BCUT2D eigenvalue weighted by Gasteiger charge is 2.14. The predicted octanol–water partition coefficient (Wildman–Crippen LogP) is 2.61. The van der Waals surface area contributed by atoms with E-state index in [1.165, 1.54) is 38.3 Å². The summed E-state index contributed by atoms with van der Waals surface area (Å²) in [5, 5.41) is 0. The van der Waals surface area contributed by atoms with E-state index in [4.69, 9.17) is 4.74 Å². The van der Waals surface area contributed by atoms with E-state index in [-0.39, 0.29) is 5.78 Å². The number of Topliss-reactive ketones (excluding diaryl/α,β-unsaturated/α-hetero) is 1. The van der Waals surface area contributed by atoms with Crippen molar-refractivity contribution < 1.29 is 9.53 Å². The molecule has 1 fully saturated rings. The summed E-state index contributed by atoms with van der Waals surface area (Å²) in [4.78, 5) is 16.0. The maximum atomic E-state index is 11.0. The number of rotatable bonds is 9. The van der Waals surface area contributed by atoms with Crippen LogP contribution in [0.25, 0.3) is 0 Å². The molecular formula is C19H30N2O2. The van der Waals surface area contributed by atoms with Crippen molar-refractivity contribution in [2.75, 3.05) is 45.9 Å². The van der Waals surface area contributed by atoms with Crippen molar-refractivity contribution in [3.63, 3.8) is 0 Å². The van der Waals surface area contributed by atoms with Gasteiger partial charge in [-0.3, -0.25) is 0 Å². The lowest BCUT2D eigenvalue weighted by Gasteiger charge is -2.33. The summed E-state index contributed by atoms with van der Waals surface area (Å²) in [7, 11) is 0. The van der Waals surface area contributed by atoms with Crippen LogP contribution in [-0.4, -0.2) is 61.5 Å². The number of piperazine rings is 1. The first-order chi connectivity index (χ1) is 11.2. The average Bonchev–Trinajstić information content (AvgIpc) is 2.58. The van der Waals surface area contributed by atoms with Crippen LogP contribution in [0.15, 0.2) is 24.3 Å². The lowest BCUT2D eigenvalue weighted by atomic mass is 10.1. The largest absolute Gasteiger partial charge is 0.494 e. The molecule has 4 heteroatoms. The summed E-state index contributed by atoms with van der Waals surface area (Å²) < 4.78 is 5.82. The molecule has 0 amide bonds. The van der Waals surface area contributed by atoms with Gasteiger partial charge in [-0.2, -0.15) is 0 Å². The molecule has 0 aromatic heterocycles. The standard InChI is InChI=1S/C19H30N2O2/c1-3-20-12-14-21(15-13-20)11-4-16-23-19-9-7-18(8-10-19)6-5-17(2)22/h7-10H,3-6,11-16H2,1-2H3. The number of aryl methyl sites for hydroxylation is 1. The van der Waals surface area contributed by atoms with Crippen LogP contribution in [0.1, 0.15) is 32.3 Å². The number of carbonyl (C=O) groups is 1. The van der Waals surface area contributed by atoms with Crippen molar-refractivity contribution in [1.82, 2.24) is 9.80 Å². The summed E-state index contributed by atoms with van der Waals surface area (Å²) in [6.45, 7) is 11.7. The van der Waals surface area contributed by atoms with Crippen LogP contribution in [0.2, 0.25) is 0 Å². The van der Waals surface area contributed by atoms with Crippen molar-refractivity contribution in [2.24, 2.45) is 0 Å². The van der Waals surface area contributed by atoms with Crippen LogP contribution < -0.4 is 4.74 Å². The first-order valence-corrected chi connectivity index (χ1v) is 8.83. The molecular weight excluding hydrogens is 288 g/mol. The Morgan fingerprint density at radius 1 is 1.09 bits per heavy atom. The Morgan fingerprint density at radius 2 is 1.74 bits per heavy atom. The second-order valence-electron chi connectivity index (χ2n) is 6.32. The summed E-state index contributed by atoms with van der Waals surface area (Å²) in [5.74, 6) is 1.16. The summed E-state index contributed by atoms with van der Waals surface area (Å²) in [6, 6.07) is 8.13. The molecule has 1 heterocycles. The highest BCUT2D eigenvalue weighted by Crippen LogP contribution is 2.14. The normalized spacial score (nSPS) is 16.4. The van der Waals surface area contributed by atoms with Gasteiger partial charge in [-0.15, -0.1) is 0 Å². The van der Waals surface area contributed by atoms with Gasteiger partial charge < -0.3 is 19.3 Å². The fraction of sp³-hybridized carbons (Fsp3) is 0.632. The predicted molar refractivity (Wildman–Crippen MR) is 94.1 cm³/mol. The summed E-state index contributed by atoms with van der Waals surface area (Å²) >= 11 is 0. The topological polar surface area (TPSA) is 32.8 Å². The van der Waals surface area contributed by atoms with Crippen LogP contribution in [0.3, 0.4) is 0 Å². The van der Waals surface area contributed by atoms with E-state index in [2.05, 4.69) is 28.9 Å². The molecule has 0 atom stereocenters. The maximum Gasteiger partial charge on any atom is 0.130 e. The van der Waals surface area contributed by atoms with Crippen molar-refractivity contribution in [2.45, 2.75) is 33.1 Å². The molecule has 0 spiro atoms. The van der Waals surface area contributed by atoms with Gasteiger partial charge in [0.2, 0.25) is 0 Å². The molecule has 1 aliphatic rings. The molecule has 128 valence electrons. The Hall–Kier alpha value is -1.39. The highest BCUT2D eigenvalue weighted by atomic mass is 16.5. The zero-order valence-electron chi connectivity index (χ0n) is 14.6. The van der Waals surface area contributed by atoms with Crippen molar-refractivity contribution in [3.8, 4) is 5.75 Å². The van der Waals surface area contributed by atoms with Gasteiger partial charge in [0.05, 0.1) is 6.61 Å². The average molecular weight is 318 g/mol. The number of hydrogen-bond donors (Lipinski definition) is 0. The molecule has 0 N–H and O–H groups in total. The lowest BCUT2D eigenvalue weighted by Crippen LogP contribution is -2.46. The van der Waals surface area contributed by atoms with E-state index in [1.54, 1.807) is 6.92 Å². The quantitative estimate of drug-likeness (QED) is 0.655. The van der Waals surface area contributed by atoms with Gasteiger partial charge in [0.1, 0.15) is 11.5 Å². The monoisotopic (exact) mass is 318 g/mol. The number of carbonyl (C=O) groups excluding carboxylic acids is 1. The number of nitrogens with zero attached hydrogens (tertiary/aromatic N) is 2. The summed E-state index contributed by atoms with van der Waals surface area (Å²) in [6.07, 6.45) is 2.50. The van der Waals surface area contributed by atoms with Crippen molar-refractivity contribution in [1.29, 1.82) is 0 Å². The second kappa shape index (κ2) is 9.68. The highest BCUT2D eigenvalue weighted by molar-refractivity contribution is 5.75. The zero-order chi connectivity index (χ0) is 16.5. The Morgan fingerprint density at radius 3 is 2.35 bits per heavy atom. The minimum Gasteiger partial charge on any atom is -0.494 e. The van der Waals surface area contributed by atoms with E-state index in [0.717, 1.165) is 31.7 Å². The Labute approximate surface area is 140 Å². The first kappa shape index (κ1) is 18.0. The number of likely N-dealkylation sites (N-methyl/N-ethyl adjacent to an activating group) is 1. The molecule has 1 aromatic rings. The number of benzene rings is 1. The molecule has 23 heavy (non-hydrogen) atoms. The summed E-state index contributed by atoms with van der Waals surface area (Å²) in [5.41, 5.74) is 1.20. The van der Waals surface area contributed by atoms with Gasteiger partial charge in [0, 0.05) is 39.1 Å². The molecule has 1 aromatic carbocycles. The van der Waals surface area contributed by atoms with E-state index >= 15 is 0 Å². The maximum absolute atomic E-state index is 11.0. The van der Waals surface area contributed by atoms with Crippen molar-refractivity contribution >= 4 is 5.78 Å². The molecule has 0 unspecified atom stereocenters. The van der Waals surface area contributed by atoms with Gasteiger partial charge in [0.15, 0.2) is 0 Å². The third-order valence-corrected chi connectivity index (χ3v) is 4.49. The van der Waals surface area contributed by atoms with Gasteiger partial charge in [-0.05, 0) is 44.0 Å². The molecule has 0 aliphatic carbocycles. The molecule has 0 saturated carbocycles. The Bertz CT molecular complexity index is 465. The molecule has 0 radical (unpaired) electrons. The molecule has 0 bridgehead atoms. The van der Waals surface area contributed by atoms with Crippen molar-refractivity contribution in [3.05, 3.63) is 29.8 Å².